The van der Waals surface area contributed by atoms with Gasteiger partial charge >= 0.3 is 0 Å². The summed E-state index contributed by atoms with van der Waals surface area (Å²) in [6.45, 7) is 10.3. The van der Waals surface area contributed by atoms with Gasteiger partial charge in [-0.15, -0.1) is 0 Å². The molecule has 0 aromatic heterocycles. The number of hydrogen-bond acceptors (Lipinski definition) is 0. The van der Waals surface area contributed by atoms with Gasteiger partial charge < -0.3 is 0 Å². The molecule has 0 radical (unpaired) electrons. The van der Waals surface area contributed by atoms with E-state index in [0.29, 0.717) is 0 Å². The van der Waals surface area contributed by atoms with E-state index in [1.165, 1.54) is 5.57 Å². The van der Waals surface area contributed by atoms with Crippen molar-refractivity contribution in [3.63, 3.8) is 0 Å². The van der Waals surface area contributed by atoms with Gasteiger partial charge in [0.15, 0.2) is 0 Å². The zero-order valence-electron chi connectivity index (χ0n) is 14.0. The molecule has 1 rings (SSSR count). The quantitative estimate of drug-likeness (QED) is 0.486. The lowest BCUT2D eigenvalue weighted by atomic mass is 10.2. The second kappa shape index (κ2) is 19.8. The molecule has 0 saturated carbocycles. The Morgan fingerprint density at radius 3 is 2.30 bits per heavy atom. The van der Waals surface area contributed by atoms with Gasteiger partial charge in [0.1, 0.15) is 0 Å². The van der Waals surface area contributed by atoms with Crippen LogP contribution in [-0.2, 0) is 0 Å². The maximum atomic E-state index is 2.19. The minimum atomic E-state index is 1.08. The van der Waals surface area contributed by atoms with Crippen LogP contribution in [0.15, 0.2) is 72.4 Å². The van der Waals surface area contributed by atoms with Gasteiger partial charge in [-0.1, -0.05) is 94.5 Å². The molecule has 0 bridgehead atoms. The molecule has 0 atom stereocenters. The SMILES string of the molecule is CC.CCC1=CC=CCC=C1.C\C=C/C=C\C=C\CC. The molecule has 0 amide bonds. The van der Waals surface area contributed by atoms with Gasteiger partial charge in [0.25, 0.3) is 0 Å². The molecular weight excluding hydrogens is 240 g/mol. The van der Waals surface area contributed by atoms with Crippen molar-refractivity contribution in [1.82, 2.24) is 0 Å². The molecule has 0 nitrogen and oxygen atoms in total. The number of rotatable bonds is 4. The lowest BCUT2D eigenvalue weighted by Gasteiger charge is -1.89. The lowest BCUT2D eigenvalue weighted by Crippen LogP contribution is -1.69. The minimum absolute atomic E-state index is 1.08. The Hall–Kier alpha value is -1.56. The van der Waals surface area contributed by atoms with E-state index in [9.17, 15) is 0 Å². The molecule has 0 aromatic carbocycles. The summed E-state index contributed by atoms with van der Waals surface area (Å²) in [4.78, 5) is 0. The van der Waals surface area contributed by atoms with E-state index in [1.807, 2.05) is 45.1 Å². The highest BCUT2D eigenvalue weighted by molar-refractivity contribution is 5.26. The Kier molecular flexibility index (Phi) is 20.5. The molecular formula is C20H32. The predicted octanol–water partition coefficient (Wildman–Crippen LogP) is 6.95. The Balaban J connectivity index is 0. The molecule has 0 aromatic rings. The van der Waals surface area contributed by atoms with E-state index >= 15 is 0 Å². The summed E-state index contributed by atoms with van der Waals surface area (Å²) in [5.74, 6) is 0. The average molecular weight is 272 g/mol. The topological polar surface area (TPSA) is 0 Å². The van der Waals surface area contributed by atoms with Crippen molar-refractivity contribution in [2.45, 2.75) is 53.9 Å². The van der Waals surface area contributed by atoms with E-state index in [0.717, 1.165) is 19.3 Å². The van der Waals surface area contributed by atoms with Crippen LogP contribution < -0.4 is 0 Å². The number of hydrogen-bond donors (Lipinski definition) is 0. The van der Waals surface area contributed by atoms with Gasteiger partial charge in [-0.25, -0.2) is 0 Å². The fraction of sp³-hybridized carbons (Fsp3) is 0.400. The van der Waals surface area contributed by atoms with Crippen LogP contribution in [0, 0.1) is 0 Å². The summed E-state index contributed by atoms with van der Waals surface area (Å²) >= 11 is 0. The predicted molar refractivity (Wildman–Crippen MR) is 96.0 cm³/mol. The molecule has 0 unspecified atom stereocenters. The summed E-state index contributed by atoms with van der Waals surface area (Å²) < 4.78 is 0. The second-order valence-electron chi connectivity index (χ2n) is 3.91. The van der Waals surface area contributed by atoms with Gasteiger partial charge in [0, 0.05) is 0 Å². The third kappa shape index (κ3) is 16.4. The summed E-state index contributed by atoms with van der Waals surface area (Å²) in [7, 11) is 0. The average Bonchev–Trinajstić information content (AvgIpc) is 2.78. The second-order valence-corrected chi connectivity index (χ2v) is 3.91. The van der Waals surface area contributed by atoms with Gasteiger partial charge in [-0.05, 0) is 31.8 Å². The fourth-order valence-electron chi connectivity index (χ4n) is 1.31. The van der Waals surface area contributed by atoms with Gasteiger partial charge in [-0.3, -0.25) is 0 Å². The van der Waals surface area contributed by atoms with E-state index < -0.39 is 0 Å². The van der Waals surface area contributed by atoms with Crippen LogP contribution in [0.3, 0.4) is 0 Å². The summed E-state index contributed by atoms with van der Waals surface area (Å²) in [6.07, 6.45) is 26.4. The van der Waals surface area contributed by atoms with Gasteiger partial charge in [-0.2, -0.15) is 0 Å². The van der Waals surface area contributed by atoms with Crippen LogP contribution in [0.2, 0.25) is 0 Å². The Labute approximate surface area is 127 Å². The molecule has 0 aliphatic heterocycles. The Bertz CT molecular complexity index is 346. The molecule has 20 heavy (non-hydrogen) atoms. The zero-order chi connectivity index (χ0) is 15.5. The minimum Gasteiger partial charge on any atom is -0.0877 e. The first kappa shape index (κ1) is 20.8. The van der Waals surface area contributed by atoms with Crippen LogP contribution in [-0.4, -0.2) is 0 Å². The van der Waals surface area contributed by atoms with Crippen molar-refractivity contribution in [3.05, 3.63) is 72.4 Å². The molecule has 0 heterocycles. The monoisotopic (exact) mass is 272 g/mol. The first-order valence-corrected chi connectivity index (χ1v) is 7.81. The summed E-state index contributed by atoms with van der Waals surface area (Å²) in [6, 6.07) is 0. The molecule has 0 fully saturated rings. The van der Waals surface area contributed by atoms with Crippen molar-refractivity contribution in [2.24, 2.45) is 0 Å². The maximum Gasteiger partial charge on any atom is -0.0163 e. The molecule has 0 heteroatoms. The van der Waals surface area contributed by atoms with Crippen molar-refractivity contribution in [2.75, 3.05) is 0 Å². The highest BCUT2D eigenvalue weighted by atomic mass is 13.9. The number of allylic oxidation sites excluding steroid dienone is 12. The van der Waals surface area contributed by atoms with Crippen molar-refractivity contribution < 1.29 is 0 Å². The maximum absolute atomic E-state index is 2.19. The van der Waals surface area contributed by atoms with Crippen molar-refractivity contribution in [1.29, 1.82) is 0 Å². The van der Waals surface area contributed by atoms with Crippen LogP contribution in [0.5, 0.6) is 0 Å². The van der Waals surface area contributed by atoms with Crippen LogP contribution >= 0.6 is 0 Å². The summed E-state index contributed by atoms with van der Waals surface area (Å²) in [5.41, 5.74) is 1.42. The Morgan fingerprint density at radius 2 is 1.70 bits per heavy atom. The van der Waals surface area contributed by atoms with Crippen molar-refractivity contribution >= 4 is 0 Å². The Morgan fingerprint density at radius 1 is 1.00 bits per heavy atom. The van der Waals surface area contributed by atoms with E-state index in [4.69, 9.17) is 0 Å². The molecule has 0 saturated heterocycles. The third-order valence-corrected chi connectivity index (χ3v) is 2.36. The first-order valence-electron chi connectivity index (χ1n) is 7.81. The smallest absolute Gasteiger partial charge is 0.0163 e. The van der Waals surface area contributed by atoms with Crippen molar-refractivity contribution in [3.8, 4) is 0 Å². The van der Waals surface area contributed by atoms with E-state index in [-0.39, 0.29) is 0 Å². The first-order chi connectivity index (χ1) is 9.85. The third-order valence-electron chi connectivity index (χ3n) is 2.36. The van der Waals surface area contributed by atoms with Gasteiger partial charge in [0.05, 0.1) is 0 Å². The molecule has 1 aliphatic carbocycles. The molecule has 0 N–H and O–H groups in total. The molecule has 0 spiro atoms. The largest absolute Gasteiger partial charge is 0.0877 e. The lowest BCUT2D eigenvalue weighted by molar-refractivity contribution is 1.15. The van der Waals surface area contributed by atoms with Crippen LogP contribution in [0.1, 0.15) is 53.9 Å². The standard InChI is InChI=1S/C9H12.C9H14.C2H6/c1-2-9-7-5-3-4-6-8-9;1-3-5-7-9-8-6-4-2;1-2/h3,5-8H,2,4H2,1H3;3,5-9H,4H2,1-2H3;1-2H3/b;5-3-,8-6+,9-7-;. The van der Waals surface area contributed by atoms with Crippen LogP contribution in [0.25, 0.3) is 0 Å². The highest BCUT2D eigenvalue weighted by Gasteiger charge is 1.86. The van der Waals surface area contributed by atoms with Gasteiger partial charge in [0.2, 0.25) is 0 Å². The van der Waals surface area contributed by atoms with E-state index in [2.05, 4.69) is 56.4 Å². The fourth-order valence-corrected chi connectivity index (χ4v) is 1.31. The van der Waals surface area contributed by atoms with Crippen LogP contribution in [0.4, 0.5) is 0 Å². The molecule has 1 aliphatic rings. The summed E-state index contributed by atoms with van der Waals surface area (Å²) in [5, 5.41) is 0. The normalized spacial score (nSPS) is 13.8. The zero-order valence-corrected chi connectivity index (χ0v) is 14.0. The highest BCUT2D eigenvalue weighted by Crippen LogP contribution is 2.06. The molecule has 112 valence electrons. The van der Waals surface area contributed by atoms with E-state index in [1.54, 1.807) is 0 Å².